The second-order valence-corrected chi connectivity index (χ2v) is 8.24. The minimum absolute atomic E-state index is 0.0824. The molecule has 3 aliphatic heterocycles. The third kappa shape index (κ3) is 3.30. The molecule has 2 bridgehead atoms. The monoisotopic (exact) mass is 407 g/mol. The fourth-order valence-corrected chi connectivity index (χ4v) is 5.12. The lowest BCUT2D eigenvalue weighted by Gasteiger charge is -2.39. The number of rotatable bonds is 3. The van der Waals surface area contributed by atoms with Gasteiger partial charge in [-0.25, -0.2) is 4.79 Å². The zero-order chi connectivity index (χ0) is 20.7. The van der Waals surface area contributed by atoms with Crippen LogP contribution in [0.2, 0.25) is 0 Å². The number of hydrogen-bond acceptors (Lipinski definition) is 5. The van der Waals surface area contributed by atoms with Gasteiger partial charge >= 0.3 is 5.97 Å². The van der Waals surface area contributed by atoms with Crippen LogP contribution >= 0.6 is 0 Å². The van der Waals surface area contributed by atoms with E-state index in [1.54, 1.807) is 0 Å². The van der Waals surface area contributed by atoms with Gasteiger partial charge in [-0.1, -0.05) is 12.1 Å². The highest BCUT2D eigenvalue weighted by molar-refractivity contribution is 5.95. The Morgan fingerprint density at radius 1 is 0.900 bits per heavy atom. The molecule has 2 atom stereocenters. The maximum atomic E-state index is 13.3. The van der Waals surface area contributed by atoms with Crippen molar-refractivity contribution in [3.05, 3.63) is 59.2 Å². The molecular weight excluding hydrogens is 382 g/mol. The third-order valence-electron chi connectivity index (χ3n) is 6.56. The number of benzene rings is 2. The SMILES string of the molecule is COC(=O)c1ccc(C2CC3CCC(C2)N3C(=O)c2ccc3c(c2)OCCO3)cc1. The van der Waals surface area contributed by atoms with Gasteiger partial charge in [0.2, 0.25) is 0 Å². The molecule has 2 saturated heterocycles. The Balaban J connectivity index is 1.32. The fraction of sp³-hybridized carbons (Fsp3) is 0.417. The quantitative estimate of drug-likeness (QED) is 0.725. The van der Waals surface area contributed by atoms with Crippen molar-refractivity contribution < 1.29 is 23.8 Å². The molecule has 2 aromatic rings. The van der Waals surface area contributed by atoms with Gasteiger partial charge in [0.1, 0.15) is 13.2 Å². The van der Waals surface area contributed by atoms with E-state index in [0.29, 0.717) is 41.8 Å². The average Bonchev–Trinajstić information content (AvgIpc) is 3.06. The summed E-state index contributed by atoms with van der Waals surface area (Å²) in [6.07, 6.45) is 3.98. The van der Waals surface area contributed by atoms with Gasteiger partial charge in [0.25, 0.3) is 5.91 Å². The van der Waals surface area contributed by atoms with Crippen molar-refractivity contribution in [2.24, 2.45) is 0 Å². The molecule has 156 valence electrons. The molecule has 6 nitrogen and oxygen atoms in total. The highest BCUT2D eigenvalue weighted by Gasteiger charge is 2.43. The first-order valence-electron chi connectivity index (χ1n) is 10.5. The highest BCUT2D eigenvalue weighted by atomic mass is 16.6. The van der Waals surface area contributed by atoms with Crippen molar-refractivity contribution in [1.82, 2.24) is 4.90 Å². The molecule has 1 amide bonds. The van der Waals surface area contributed by atoms with Crippen LogP contribution in [-0.4, -0.2) is 49.2 Å². The van der Waals surface area contributed by atoms with Crippen molar-refractivity contribution >= 4 is 11.9 Å². The highest BCUT2D eigenvalue weighted by Crippen LogP contribution is 2.44. The van der Waals surface area contributed by atoms with Crippen LogP contribution in [0.25, 0.3) is 0 Å². The minimum Gasteiger partial charge on any atom is -0.486 e. The smallest absolute Gasteiger partial charge is 0.337 e. The molecule has 3 heterocycles. The van der Waals surface area contributed by atoms with E-state index < -0.39 is 0 Å². The van der Waals surface area contributed by atoms with Gasteiger partial charge < -0.3 is 19.1 Å². The van der Waals surface area contributed by atoms with E-state index in [0.717, 1.165) is 25.7 Å². The van der Waals surface area contributed by atoms with Crippen molar-refractivity contribution in [2.75, 3.05) is 20.3 Å². The normalized spacial score (nSPS) is 24.4. The molecule has 6 heteroatoms. The van der Waals surface area contributed by atoms with Crippen LogP contribution in [0.4, 0.5) is 0 Å². The van der Waals surface area contributed by atoms with E-state index in [4.69, 9.17) is 14.2 Å². The van der Waals surface area contributed by atoms with Gasteiger partial charge in [-0.15, -0.1) is 0 Å². The van der Waals surface area contributed by atoms with E-state index in [2.05, 4.69) is 4.90 Å². The number of methoxy groups -OCH3 is 1. The van der Waals surface area contributed by atoms with E-state index >= 15 is 0 Å². The van der Waals surface area contributed by atoms with Crippen molar-refractivity contribution in [3.8, 4) is 11.5 Å². The predicted molar refractivity (Wildman–Crippen MR) is 110 cm³/mol. The molecule has 0 aliphatic carbocycles. The van der Waals surface area contributed by atoms with Crippen molar-refractivity contribution in [3.63, 3.8) is 0 Å². The van der Waals surface area contributed by atoms with Gasteiger partial charge in [0.15, 0.2) is 11.5 Å². The van der Waals surface area contributed by atoms with Crippen LogP contribution < -0.4 is 9.47 Å². The van der Waals surface area contributed by atoms with E-state index in [9.17, 15) is 9.59 Å². The Morgan fingerprint density at radius 2 is 1.53 bits per heavy atom. The Kier molecular flexibility index (Phi) is 4.85. The van der Waals surface area contributed by atoms with E-state index in [1.807, 2.05) is 42.5 Å². The van der Waals surface area contributed by atoms with Gasteiger partial charge in [-0.3, -0.25) is 4.79 Å². The molecule has 5 rings (SSSR count). The number of nitrogens with zero attached hydrogens (tertiary/aromatic N) is 1. The van der Waals surface area contributed by atoms with Crippen LogP contribution in [0, 0.1) is 0 Å². The zero-order valence-corrected chi connectivity index (χ0v) is 17.0. The van der Waals surface area contributed by atoms with Gasteiger partial charge in [0, 0.05) is 17.6 Å². The molecule has 2 aromatic carbocycles. The topological polar surface area (TPSA) is 65.1 Å². The molecule has 30 heavy (non-hydrogen) atoms. The van der Waals surface area contributed by atoms with Crippen LogP contribution in [0.5, 0.6) is 11.5 Å². The van der Waals surface area contributed by atoms with Gasteiger partial charge in [-0.05, 0) is 67.5 Å². The molecule has 0 radical (unpaired) electrons. The number of carbonyl (C=O) groups is 2. The summed E-state index contributed by atoms with van der Waals surface area (Å²) in [5.74, 6) is 1.52. The molecule has 0 spiro atoms. The molecule has 3 aliphatic rings. The van der Waals surface area contributed by atoms with Crippen LogP contribution in [0.15, 0.2) is 42.5 Å². The van der Waals surface area contributed by atoms with E-state index in [-0.39, 0.29) is 24.0 Å². The number of fused-ring (bicyclic) bond motifs is 3. The molecule has 0 N–H and O–H groups in total. The summed E-state index contributed by atoms with van der Waals surface area (Å²) in [7, 11) is 1.39. The standard InChI is InChI=1S/C24H25NO5/c1-28-24(27)16-4-2-15(3-5-16)18-12-19-7-8-20(13-18)25(19)23(26)17-6-9-21-22(14-17)30-11-10-29-21/h2-6,9,14,18-20H,7-8,10-13H2,1H3. The van der Waals surface area contributed by atoms with Crippen LogP contribution in [0.3, 0.4) is 0 Å². The lowest BCUT2D eigenvalue weighted by atomic mass is 9.84. The summed E-state index contributed by atoms with van der Waals surface area (Å²) in [4.78, 5) is 27.1. The predicted octanol–water partition coefficient (Wildman–Crippen LogP) is 3.80. The maximum absolute atomic E-state index is 13.3. The second kappa shape index (κ2) is 7.67. The summed E-state index contributed by atoms with van der Waals surface area (Å²) >= 11 is 0. The molecule has 0 aromatic heterocycles. The number of ether oxygens (including phenoxy) is 3. The lowest BCUT2D eigenvalue weighted by Crippen LogP contribution is -2.46. The summed E-state index contributed by atoms with van der Waals surface area (Å²) in [5, 5.41) is 0. The Hall–Kier alpha value is -3.02. The number of amides is 1. The molecule has 2 fully saturated rings. The number of hydrogen-bond donors (Lipinski definition) is 0. The summed E-state index contributed by atoms with van der Waals surface area (Å²) in [6, 6.07) is 13.7. The van der Waals surface area contributed by atoms with Crippen molar-refractivity contribution in [2.45, 2.75) is 43.7 Å². The minimum atomic E-state index is -0.318. The first-order chi connectivity index (χ1) is 14.6. The third-order valence-corrected chi connectivity index (χ3v) is 6.56. The van der Waals surface area contributed by atoms with Crippen molar-refractivity contribution in [1.29, 1.82) is 0 Å². The maximum Gasteiger partial charge on any atom is 0.337 e. The number of esters is 1. The average molecular weight is 407 g/mol. The summed E-state index contributed by atoms with van der Waals surface area (Å²) in [6.45, 7) is 1.05. The lowest BCUT2D eigenvalue weighted by molar-refractivity contribution is 0.0567. The molecular formula is C24H25NO5. The zero-order valence-electron chi connectivity index (χ0n) is 17.0. The largest absolute Gasteiger partial charge is 0.486 e. The molecule has 2 unspecified atom stereocenters. The Morgan fingerprint density at radius 3 is 2.20 bits per heavy atom. The Bertz CT molecular complexity index is 956. The molecule has 0 saturated carbocycles. The summed E-state index contributed by atoms with van der Waals surface area (Å²) in [5.41, 5.74) is 2.46. The first-order valence-corrected chi connectivity index (χ1v) is 10.5. The van der Waals surface area contributed by atoms with Crippen LogP contribution in [0.1, 0.15) is 57.9 Å². The second-order valence-electron chi connectivity index (χ2n) is 8.24. The number of carbonyl (C=O) groups excluding carboxylic acids is 2. The van der Waals surface area contributed by atoms with E-state index in [1.165, 1.54) is 12.7 Å². The van der Waals surface area contributed by atoms with Gasteiger partial charge in [0.05, 0.1) is 12.7 Å². The number of piperidine rings is 1. The fourth-order valence-electron chi connectivity index (χ4n) is 5.12. The first kappa shape index (κ1) is 19.0. The van der Waals surface area contributed by atoms with Gasteiger partial charge in [-0.2, -0.15) is 0 Å². The summed E-state index contributed by atoms with van der Waals surface area (Å²) < 4.78 is 16.0. The Labute approximate surface area is 175 Å². The van der Waals surface area contributed by atoms with Crippen LogP contribution in [-0.2, 0) is 4.74 Å².